The fourth-order valence-corrected chi connectivity index (χ4v) is 5.44. The van der Waals surface area contributed by atoms with E-state index < -0.39 is 0 Å². The minimum Gasteiger partial charge on any atom is -0.361 e. The molecule has 0 aliphatic carbocycles. The molecule has 0 fully saturated rings. The molecule has 2 heterocycles. The van der Waals surface area contributed by atoms with Gasteiger partial charge in [-0.3, -0.25) is 9.59 Å². The first kappa shape index (κ1) is 17.5. The Labute approximate surface area is 151 Å². The Morgan fingerprint density at radius 3 is 2.12 bits per heavy atom. The average Bonchev–Trinajstić information content (AvgIpc) is 3.10. The van der Waals surface area contributed by atoms with Crippen LogP contribution < -0.4 is 10.2 Å². The van der Waals surface area contributed by atoms with Crippen molar-refractivity contribution in [3.05, 3.63) is 36.4 Å². The third kappa shape index (κ3) is 4.40. The fourth-order valence-electron chi connectivity index (χ4n) is 2.07. The number of anilines is 2. The number of nitrogens with one attached hydrogen (secondary N) is 2. The zero-order valence-corrected chi connectivity index (χ0v) is 16.7. The highest BCUT2D eigenvalue weighted by atomic mass is 32.1. The van der Waals surface area contributed by atoms with Crippen LogP contribution in [-0.2, 0) is 9.59 Å². The summed E-state index contributed by atoms with van der Waals surface area (Å²) in [6.07, 6.45) is 0. The van der Waals surface area contributed by atoms with Crippen molar-refractivity contribution in [3.8, 4) is 10.4 Å². The van der Waals surface area contributed by atoms with Gasteiger partial charge in [-0.25, -0.2) is 0 Å². The van der Waals surface area contributed by atoms with Crippen LogP contribution in [0.4, 0.5) is 10.7 Å². The fraction of sp³-hybridized carbons (Fsp3) is 0.125. The summed E-state index contributed by atoms with van der Waals surface area (Å²) in [6, 6.07) is 12.4. The minimum absolute atomic E-state index is 0.108. The van der Waals surface area contributed by atoms with Crippen molar-refractivity contribution in [2.24, 2.45) is 0 Å². The van der Waals surface area contributed by atoms with Gasteiger partial charge in [0.25, 0.3) is 0 Å². The summed E-state index contributed by atoms with van der Waals surface area (Å²) < 4.78 is 2.46. The second-order valence-electron chi connectivity index (χ2n) is 5.14. The zero-order valence-electron chi connectivity index (χ0n) is 13.1. The monoisotopic (exact) mass is 394 g/mol. The van der Waals surface area contributed by atoms with E-state index in [2.05, 4.69) is 34.4 Å². The van der Waals surface area contributed by atoms with Crippen LogP contribution >= 0.6 is 40.1 Å². The Kier molecular flexibility index (Phi) is 5.62. The number of carbonyl (C=O) groups is 2. The SMILES string of the molecule is CC(=O)PNc1ccc(-c2cc3sc(NPC(C)=O)cc3s2)cc1. The highest BCUT2D eigenvalue weighted by Gasteiger charge is 2.09. The molecule has 2 atom stereocenters. The third-order valence-corrected chi connectivity index (χ3v) is 7.07. The van der Waals surface area contributed by atoms with Gasteiger partial charge in [0, 0.05) is 51.3 Å². The number of thiophene rings is 2. The van der Waals surface area contributed by atoms with Crippen LogP contribution in [0.15, 0.2) is 36.4 Å². The van der Waals surface area contributed by atoms with Gasteiger partial charge >= 0.3 is 0 Å². The molecular formula is C16H16N2O2P2S2. The molecule has 2 unspecified atom stereocenters. The lowest BCUT2D eigenvalue weighted by Gasteiger charge is -2.04. The molecule has 4 nitrogen and oxygen atoms in total. The molecule has 2 aromatic heterocycles. The number of fused-ring (bicyclic) bond motifs is 1. The second-order valence-corrected chi connectivity index (χ2v) is 9.72. The van der Waals surface area contributed by atoms with Crippen molar-refractivity contribution in [3.63, 3.8) is 0 Å². The van der Waals surface area contributed by atoms with E-state index in [-0.39, 0.29) is 28.5 Å². The van der Waals surface area contributed by atoms with Gasteiger partial charge in [0.1, 0.15) is 0 Å². The van der Waals surface area contributed by atoms with Crippen molar-refractivity contribution in [2.75, 3.05) is 10.2 Å². The maximum Gasteiger partial charge on any atom is 0.168 e. The lowest BCUT2D eigenvalue weighted by molar-refractivity contribution is -0.110. The van der Waals surface area contributed by atoms with Gasteiger partial charge in [-0.05, 0) is 29.8 Å². The minimum atomic E-state index is 0.108. The summed E-state index contributed by atoms with van der Waals surface area (Å²) >= 11 is 3.42. The summed E-state index contributed by atoms with van der Waals surface area (Å²) in [5, 5.41) is 7.34. The Bertz CT molecular complexity index is 856. The van der Waals surface area contributed by atoms with Crippen LogP contribution in [0.3, 0.4) is 0 Å². The summed E-state index contributed by atoms with van der Waals surface area (Å²) in [7, 11) is 0.233. The van der Waals surface area contributed by atoms with Gasteiger partial charge in [0.15, 0.2) is 11.0 Å². The van der Waals surface area contributed by atoms with Gasteiger partial charge in [-0.1, -0.05) is 12.1 Å². The molecule has 0 saturated heterocycles. The lowest BCUT2D eigenvalue weighted by atomic mass is 10.2. The Morgan fingerprint density at radius 1 is 0.875 bits per heavy atom. The van der Waals surface area contributed by atoms with E-state index in [1.807, 2.05) is 12.1 Å². The average molecular weight is 394 g/mol. The topological polar surface area (TPSA) is 58.2 Å². The summed E-state index contributed by atoms with van der Waals surface area (Å²) in [6.45, 7) is 3.17. The largest absolute Gasteiger partial charge is 0.361 e. The van der Waals surface area contributed by atoms with E-state index in [1.54, 1.807) is 36.5 Å². The molecule has 0 aliphatic rings. The number of hydrogen-bond donors (Lipinski definition) is 2. The third-order valence-electron chi connectivity index (χ3n) is 3.12. The second kappa shape index (κ2) is 7.71. The summed E-state index contributed by atoms with van der Waals surface area (Å²) in [4.78, 5) is 23.3. The molecule has 0 radical (unpaired) electrons. The molecule has 0 amide bonds. The molecule has 124 valence electrons. The van der Waals surface area contributed by atoms with E-state index >= 15 is 0 Å². The number of rotatable bonds is 7. The number of carbonyl (C=O) groups excluding carboxylic acids is 2. The van der Waals surface area contributed by atoms with Crippen molar-refractivity contribution in [2.45, 2.75) is 13.8 Å². The molecule has 0 saturated carbocycles. The quantitative estimate of drug-likeness (QED) is 0.502. The van der Waals surface area contributed by atoms with Crippen LogP contribution in [-0.4, -0.2) is 11.0 Å². The van der Waals surface area contributed by atoms with Gasteiger partial charge < -0.3 is 10.2 Å². The normalized spacial score (nSPS) is 11.8. The van der Waals surface area contributed by atoms with Crippen molar-refractivity contribution < 1.29 is 9.59 Å². The molecular weight excluding hydrogens is 378 g/mol. The highest BCUT2D eigenvalue weighted by molar-refractivity contribution is 7.59. The molecule has 0 bridgehead atoms. The molecule has 0 spiro atoms. The van der Waals surface area contributed by atoms with Crippen LogP contribution in [0.2, 0.25) is 0 Å². The Balaban J connectivity index is 1.73. The van der Waals surface area contributed by atoms with Gasteiger partial charge in [0.05, 0.1) is 5.00 Å². The predicted molar refractivity (Wildman–Crippen MR) is 110 cm³/mol. The van der Waals surface area contributed by atoms with Crippen LogP contribution in [0, 0.1) is 0 Å². The highest BCUT2D eigenvalue weighted by Crippen LogP contribution is 2.41. The van der Waals surface area contributed by atoms with Crippen molar-refractivity contribution >= 4 is 71.3 Å². The Hall–Kier alpha value is -1.32. The number of benzene rings is 1. The van der Waals surface area contributed by atoms with Gasteiger partial charge in [-0.15, -0.1) is 22.7 Å². The maximum absolute atomic E-state index is 11.1. The summed E-state index contributed by atoms with van der Waals surface area (Å²) in [5.41, 5.74) is 2.43. The summed E-state index contributed by atoms with van der Waals surface area (Å²) in [5.74, 6) is 0. The number of hydrogen-bond acceptors (Lipinski definition) is 6. The molecule has 2 N–H and O–H groups in total. The van der Waals surface area contributed by atoms with E-state index in [0.29, 0.717) is 0 Å². The van der Waals surface area contributed by atoms with Crippen molar-refractivity contribution in [1.82, 2.24) is 0 Å². The van der Waals surface area contributed by atoms with Gasteiger partial charge in [-0.2, -0.15) is 0 Å². The molecule has 0 aliphatic heterocycles. The van der Waals surface area contributed by atoms with Gasteiger partial charge in [0.2, 0.25) is 0 Å². The van der Waals surface area contributed by atoms with Crippen LogP contribution in [0.25, 0.3) is 19.8 Å². The van der Waals surface area contributed by atoms with E-state index in [9.17, 15) is 9.59 Å². The Morgan fingerprint density at radius 2 is 1.50 bits per heavy atom. The molecule has 3 rings (SSSR count). The molecule has 3 aromatic rings. The molecule has 8 heteroatoms. The van der Waals surface area contributed by atoms with E-state index in [0.717, 1.165) is 10.7 Å². The van der Waals surface area contributed by atoms with Crippen molar-refractivity contribution in [1.29, 1.82) is 0 Å². The molecule has 24 heavy (non-hydrogen) atoms. The molecule has 1 aromatic carbocycles. The first-order valence-electron chi connectivity index (χ1n) is 7.20. The van der Waals surface area contributed by atoms with Crippen LogP contribution in [0.1, 0.15) is 13.8 Å². The van der Waals surface area contributed by atoms with Crippen LogP contribution in [0.5, 0.6) is 0 Å². The maximum atomic E-state index is 11.1. The standard InChI is InChI=1S/C16H16N2O2P2S2/c1-9(19)21-17-12-5-3-11(4-6-12)13-7-14-15(23-13)8-16(24-14)18-22-10(2)20/h3-8,17-18,21-22H,1-2H3. The van der Waals surface area contributed by atoms with E-state index in [4.69, 9.17) is 0 Å². The smallest absolute Gasteiger partial charge is 0.168 e. The lowest BCUT2D eigenvalue weighted by Crippen LogP contribution is -1.88. The predicted octanol–water partition coefficient (Wildman–Crippen LogP) is 5.73. The first-order valence-corrected chi connectivity index (χ1v) is 10.8. The zero-order chi connectivity index (χ0) is 17.1. The van der Waals surface area contributed by atoms with E-state index in [1.165, 1.54) is 19.8 Å². The first-order chi connectivity index (χ1) is 11.5.